The summed E-state index contributed by atoms with van der Waals surface area (Å²) in [7, 11) is 1.70. The molecule has 0 saturated heterocycles. The minimum atomic E-state index is -0.548. The third-order valence-electron chi connectivity index (χ3n) is 7.42. The van der Waals surface area contributed by atoms with Gasteiger partial charge in [-0.3, -0.25) is 29.0 Å². The Balaban J connectivity index is 1.28. The van der Waals surface area contributed by atoms with E-state index in [4.69, 9.17) is 0 Å². The summed E-state index contributed by atoms with van der Waals surface area (Å²) >= 11 is 0. The van der Waals surface area contributed by atoms with E-state index in [9.17, 15) is 14.4 Å². The lowest BCUT2D eigenvalue weighted by atomic mass is 9.97. The number of rotatable bonds is 10. The smallest absolute Gasteiger partial charge is 0.273 e. The van der Waals surface area contributed by atoms with Gasteiger partial charge in [0.1, 0.15) is 11.6 Å². The van der Waals surface area contributed by atoms with Crippen molar-refractivity contribution in [3.05, 3.63) is 106 Å². The first-order chi connectivity index (χ1) is 20.2. The molecule has 2 amide bonds. The van der Waals surface area contributed by atoms with Gasteiger partial charge < -0.3 is 10.6 Å². The molecule has 1 atom stereocenters. The Morgan fingerprint density at radius 1 is 1.02 bits per heavy atom. The van der Waals surface area contributed by atoms with Crippen LogP contribution in [0.3, 0.4) is 0 Å². The van der Waals surface area contributed by atoms with E-state index in [1.54, 1.807) is 61.8 Å². The van der Waals surface area contributed by atoms with Crippen molar-refractivity contribution in [3.63, 3.8) is 0 Å². The number of aryl methyl sites for hydroxylation is 2. The zero-order chi connectivity index (χ0) is 29.8. The Morgan fingerprint density at radius 3 is 2.45 bits per heavy atom. The van der Waals surface area contributed by atoms with Crippen LogP contribution in [0.25, 0.3) is 0 Å². The van der Waals surface area contributed by atoms with Gasteiger partial charge in [0.25, 0.3) is 5.91 Å². The molecule has 1 unspecified atom stereocenters. The summed E-state index contributed by atoms with van der Waals surface area (Å²) in [4.78, 5) is 45.7. The summed E-state index contributed by atoms with van der Waals surface area (Å²) in [5, 5.41) is 9.92. The average molecular weight is 563 g/mol. The summed E-state index contributed by atoms with van der Waals surface area (Å²) in [5.41, 5.74) is 5.86. The number of benzene rings is 3. The number of nitrogens with zero attached hydrogens (tertiary/aromatic N) is 4. The largest absolute Gasteiger partial charge is 0.325 e. The quantitative estimate of drug-likeness (QED) is 0.196. The molecule has 1 aromatic heterocycles. The van der Waals surface area contributed by atoms with Crippen molar-refractivity contribution in [1.82, 2.24) is 14.7 Å². The highest BCUT2D eigenvalue weighted by molar-refractivity contribution is 6.15. The predicted molar refractivity (Wildman–Crippen MR) is 165 cm³/mol. The maximum atomic E-state index is 13.3. The molecule has 9 nitrogen and oxygen atoms in total. The fraction of sp³-hybridized carbons (Fsp3) is 0.242. The molecule has 5 rings (SSSR count). The SMILES string of the molecule is CCN(CC)Cc1ccc(N=CC2C(=O)Nc3cc(C(=O)c4cccc(NC(=O)c5cc(C)nn5C)c4)ccc32)cc1. The molecule has 0 bridgehead atoms. The zero-order valence-corrected chi connectivity index (χ0v) is 24.2. The van der Waals surface area contributed by atoms with Crippen LogP contribution >= 0.6 is 0 Å². The number of hydrogen-bond donors (Lipinski definition) is 2. The molecule has 2 N–H and O–H groups in total. The van der Waals surface area contributed by atoms with Crippen LogP contribution in [0.4, 0.5) is 17.1 Å². The number of anilines is 2. The van der Waals surface area contributed by atoms with Gasteiger partial charge in [-0.1, -0.05) is 50.2 Å². The summed E-state index contributed by atoms with van der Waals surface area (Å²) < 4.78 is 1.51. The minimum Gasteiger partial charge on any atom is -0.325 e. The summed E-state index contributed by atoms with van der Waals surface area (Å²) in [5.74, 6) is -1.27. The van der Waals surface area contributed by atoms with Gasteiger partial charge in [-0.05, 0) is 67.5 Å². The summed E-state index contributed by atoms with van der Waals surface area (Å²) in [6, 6.07) is 21.7. The first-order valence-electron chi connectivity index (χ1n) is 14.0. The number of amides is 2. The number of nitrogens with one attached hydrogen (secondary N) is 2. The molecule has 4 aromatic rings. The number of hydrogen-bond acceptors (Lipinski definition) is 6. The highest BCUT2D eigenvalue weighted by Gasteiger charge is 2.30. The average Bonchev–Trinajstić information content (AvgIpc) is 3.50. The van der Waals surface area contributed by atoms with E-state index in [2.05, 4.69) is 51.6 Å². The second-order valence-corrected chi connectivity index (χ2v) is 10.3. The van der Waals surface area contributed by atoms with E-state index in [0.29, 0.717) is 28.2 Å². The molecule has 1 aliphatic heterocycles. The van der Waals surface area contributed by atoms with Gasteiger partial charge in [-0.2, -0.15) is 5.10 Å². The third-order valence-corrected chi connectivity index (χ3v) is 7.42. The Labute approximate surface area is 245 Å². The number of aliphatic imine (C=N–C) groups is 1. The molecular formula is C33H34N6O3. The van der Waals surface area contributed by atoms with Gasteiger partial charge in [0.2, 0.25) is 5.91 Å². The molecule has 0 radical (unpaired) electrons. The van der Waals surface area contributed by atoms with Crippen molar-refractivity contribution in [2.45, 2.75) is 33.2 Å². The lowest BCUT2D eigenvalue weighted by Crippen LogP contribution is -2.21. The Morgan fingerprint density at radius 2 is 1.76 bits per heavy atom. The lowest BCUT2D eigenvalue weighted by Gasteiger charge is -2.17. The summed E-state index contributed by atoms with van der Waals surface area (Å²) in [6.45, 7) is 9.00. The standard InChI is InChI=1S/C33H34N6O3/c1-5-39(6-2)20-22-10-13-25(14-11-22)34-19-28-27-15-12-24(18-29(27)36-32(28)41)31(40)23-8-7-9-26(17-23)35-33(42)30-16-21(3)37-38(30)4/h7-19,28H,5-6,20H2,1-4H3,(H,35,42)(H,36,41). The molecule has 2 heterocycles. The van der Waals surface area contributed by atoms with Crippen molar-refractivity contribution in [3.8, 4) is 0 Å². The number of carbonyl (C=O) groups excluding carboxylic acids is 3. The number of aromatic nitrogens is 2. The molecular weight excluding hydrogens is 528 g/mol. The van der Waals surface area contributed by atoms with Gasteiger partial charge in [-0.15, -0.1) is 0 Å². The minimum absolute atomic E-state index is 0.188. The molecule has 1 aliphatic rings. The van der Waals surface area contributed by atoms with E-state index in [1.807, 2.05) is 19.1 Å². The van der Waals surface area contributed by atoms with Crippen molar-refractivity contribution < 1.29 is 14.4 Å². The van der Waals surface area contributed by atoms with Crippen LogP contribution in [0.5, 0.6) is 0 Å². The van der Waals surface area contributed by atoms with Crippen LogP contribution in [0.2, 0.25) is 0 Å². The molecule has 3 aromatic carbocycles. The van der Waals surface area contributed by atoms with Crippen LogP contribution in [0, 0.1) is 6.92 Å². The zero-order valence-electron chi connectivity index (χ0n) is 24.2. The van der Waals surface area contributed by atoms with Crippen LogP contribution < -0.4 is 10.6 Å². The fourth-order valence-electron chi connectivity index (χ4n) is 5.05. The summed E-state index contributed by atoms with van der Waals surface area (Å²) in [6.07, 6.45) is 1.65. The van der Waals surface area contributed by atoms with Gasteiger partial charge in [0.15, 0.2) is 5.78 Å². The molecule has 0 saturated carbocycles. The van der Waals surface area contributed by atoms with Crippen molar-refractivity contribution in [2.24, 2.45) is 12.0 Å². The topological polar surface area (TPSA) is 109 Å². The lowest BCUT2D eigenvalue weighted by molar-refractivity contribution is -0.115. The highest BCUT2D eigenvalue weighted by atomic mass is 16.2. The molecule has 0 spiro atoms. The monoisotopic (exact) mass is 562 g/mol. The second kappa shape index (κ2) is 12.3. The van der Waals surface area contributed by atoms with Crippen LogP contribution in [-0.2, 0) is 18.4 Å². The van der Waals surface area contributed by atoms with Crippen LogP contribution in [-0.4, -0.2) is 51.6 Å². The first kappa shape index (κ1) is 28.6. The fourth-order valence-corrected chi connectivity index (χ4v) is 5.05. The maximum Gasteiger partial charge on any atom is 0.273 e. The van der Waals surface area contributed by atoms with Gasteiger partial charge in [0.05, 0.1) is 11.4 Å². The molecule has 9 heteroatoms. The Bertz CT molecular complexity index is 1670. The molecule has 214 valence electrons. The Hall–Kier alpha value is -4.89. The molecule has 0 aliphatic carbocycles. The van der Waals surface area contributed by atoms with Crippen molar-refractivity contribution in [1.29, 1.82) is 0 Å². The van der Waals surface area contributed by atoms with E-state index in [0.717, 1.165) is 36.6 Å². The number of ketones is 1. The van der Waals surface area contributed by atoms with Gasteiger partial charge >= 0.3 is 0 Å². The van der Waals surface area contributed by atoms with Crippen LogP contribution in [0.1, 0.15) is 63.0 Å². The number of fused-ring (bicyclic) bond motifs is 1. The maximum absolute atomic E-state index is 13.3. The Kier molecular flexibility index (Phi) is 8.40. The van der Waals surface area contributed by atoms with E-state index in [1.165, 1.54) is 10.2 Å². The third kappa shape index (κ3) is 6.21. The van der Waals surface area contributed by atoms with E-state index >= 15 is 0 Å². The van der Waals surface area contributed by atoms with Crippen molar-refractivity contribution in [2.75, 3.05) is 23.7 Å². The first-order valence-corrected chi connectivity index (χ1v) is 14.0. The van der Waals surface area contributed by atoms with Gasteiger partial charge in [-0.25, -0.2) is 0 Å². The molecule has 42 heavy (non-hydrogen) atoms. The number of carbonyl (C=O) groups is 3. The van der Waals surface area contributed by atoms with Gasteiger partial charge in [0, 0.05) is 42.3 Å². The predicted octanol–water partition coefficient (Wildman–Crippen LogP) is 5.49. The molecule has 0 fully saturated rings. The van der Waals surface area contributed by atoms with E-state index in [-0.39, 0.29) is 17.6 Å². The van der Waals surface area contributed by atoms with E-state index < -0.39 is 5.92 Å². The second-order valence-electron chi connectivity index (χ2n) is 10.3. The van der Waals surface area contributed by atoms with Crippen LogP contribution in [0.15, 0.2) is 77.8 Å². The highest BCUT2D eigenvalue weighted by Crippen LogP contribution is 2.33. The van der Waals surface area contributed by atoms with Crippen molar-refractivity contribution >= 4 is 40.9 Å². The normalized spacial score (nSPS) is 14.3.